The Morgan fingerprint density at radius 2 is 2.20 bits per heavy atom. The highest BCUT2D eigenvalue weighted by molar-refractivity contribution is 6.05. The van der Waals surface area contributed by atoms with Gasteiger partial charge in [-0.1, -0.05) is 6.92 Å². The largest absolute Gasteiger partial charge is 0.478 e. The molecule has 20 heavy (non-hydrogen) atoms. The van der Waals surface area contributed by atoms with Gasteiger partial charge in [-0.2, -0.15) is 0 Å². The molecule has 3 rings (SSSR count). The SMILES string of the molecule is C[C@@H]1CCN(c2ccc3nccc(C(=O)O)c3c2)C1=O. The number of carbonyl (C=O) groups is 2. The lowest BCUT2D eigenvalue weighted by atomic mass is 10.1. The van der Waals surface area contributed by atoms with Gasteiger partial charge in [-0.05, 0) is 30.7 Å². The number of aromatic nitrogens is 1. The molecule has 0 unspecified atom stereocenters. The van der Waals surface area contributed by atoms with Crippen molar-refractivity contribution < 1.29 is 14.7 Å². The van der Waals surface area contributed by atoms with Crippen LogP contribution in [0.1, 0.15) is 23.7 Å². The third kappa shape index (κ3) is 1.91. The van der Waals surface area contributed by atoms with Crippen LogP contribution in [-0.2, 0) is 4.79 Å². The summed E-state index contributed by atoms with van der Waals surface area (Å²) in [6, 6.07) is 6.79. The molecule has 5 nitrogen and oxygen atoms in total. The lowest BCUT2D eigenvalue weighted by Crippen LogP contribution is -2.26. The van der Waals surface area contributed by atoms with Crippen molar-refractivity contribution in [3.05, 3.63) is 36.0 Å². The summed E-state index contributed by atoms with van der Waals surface area (Å²) >= 11 is 0. The third-order valence-electron chi connectivity index (χ3n) is 3.74. The van der Waals surface area contributed by atoms with Crippen LogP contribution < -0.4 is 4.90 Å². The number of hydrogen-bond acceptors (Lipinski definition) is 3. The van der Waals surface area contributed by atoms with Gasteiger partial charge in [-0.3, -0.25) is 9.78 Å². The zero-order chi connectivity index (χ0) is 14.3. The molecule has 102 valence electrons. The summed E-state index contributed by atoms with van der Waals surface area (Å²) in [6.45, 7) is 2.59. The van der Waals surface area contributed by atoms with Crippen molar-refractivity contribution in [2.75, 3.05) is 11.4 Å². The first-order chi connectivity index (χ1) is 9.58. The zero-order valence-corrected chi connectivity index (χ0v) is 11.0. The van der Waals surface area contributed by atoms with Gasteiger partial charge in [0.05, 0.1) is 11.1 Å². The van der Waals surface area contributed by atoms with Gasteiger partial charge < -0.3 is 10.0 Å². The topological polar surface area (TPSA) is 70.5 Å². The smallest absolute Gasteiger partial charge is 0.336 e. The van der Waals surface area contributed by atoms with E-state index in [0.29, 0.717) is 17.4 Å². The molecule has 0 radical (unpaired) electrons. The van der Waals surface area contributed by atoms with Crippen molar-refractivity contribution in [1.29, 1.82) is 0 Å². The maximum Gasteiger partial charge on any atom is 0.336 e. The number of nitrogens with zero attached hydrogens (tertiary/aromatic N) is 2. The third-order valence-corrected chi connectivity index (χ3v) is 3.74. The van der Waals surface area contributed by atoms with Crippen LogP contribution in [0.25, 0.3) is 10.9 Å². The Kier molecular flexibility index (Phi) is 2.89. The summed E-state index contributed by atoms with van der Waals surface area (Å²) in [4.78, 5) is 29.2. The molecule has 1 atom stereocenters. The van der Waals surface area contributed by atoms with Crippen LogP contribution in [0.4, 0.5) is 5.69 Å². The maximum absolute atomic E-state index is 12.1. The summed E-state index contributed by atoms with van der Waals surface area (Å²) < 4.78 is 0. The Bertz CT molecular complexity index is 711. The van der Waals surface area contributed by atoms with Gasteiger partial charge in [-0.25, -0.2) is 4.79 Å². The fraction of sp³-hybridized carbons (Fsp3) is 0.267. The van der Waals surface area contributed by atoms with E-state index in [2.05, 4.69) is 4.98 Å². The Morgan fingerprint density at radius 3 is 2.85 bits per heavy atom. The first-order valence-corrected chi connectivity index (χ1v) is 6.51. The molecule has 0 aliphatic carbocycles. The second kappa shape index (κ2) is 4.59. The Morgan fingerprint density at radius 1 is 1.40 bits per heavy atom. The van der Waals surface area contributed by atoms with Crippen LogP contribution in [0.15, 0.2) is 30.5 Å². The summed E-state index contributed by atoms with van der Waals surface area (Å²) in [5, 5.41) is 9.78. The number of carboxylic acids is 1. The molecule has 0 bridgehead atoms. The number of pyridine rings is 1. The molecule has 1 aromatic carbocycles. The molecular formula is C15H14N2O3. The predicted molar refractivity (Wildman–Crippen MR) is 74.8 cm³/mol. The molecule has 1 aliphatic rings. The van der Waals surface area contributed by atoms with Crippen molar-refractivity contribution in [1.82, 2.24) is 4.98 Å². The average Bonchev–Trinajstić information content (AvgIpc) is 2.77. The normalized spacial score (nSPS) is 18.8. The van der Waals surface area contributed by atoms with Gasteiger partial charge in [0.2, 0.25) is 5.91 Å². The molecule has 2 heterocycles. The Balaban J connectivity index is 2.13. The number of rotatable bonds is 2. The van der Waals surface area contributed by atoms with E-state index in [-0.39, 0.29) is 17.4 Å². The summed E-state index contributed by atoms with van der Waals surface area (Å²) in [5.41, 5.74) is 1.56. The van der Waals surface area contributed by atoms with Crippen LogP contribution in [0.2, 0.25) is 0 Å². The molecule has 1 saturated heterocycles. The van der Waals surface area contributed by atoms with Crippen molar-refractivity contribution in [2.24, 2.45) is 5.92 Å². The molecule has 1 aliphatic heterocycles. The second-order valence-electron chi connectivity index (χ2n) is 5.04. The first kappa shape index (κ1) is 12.6. The summed E-state index contributed by atoms with van der Waals surface area (Å²) in [5.74, 6) is -0.876. The molecule has 1 N–H and O–H groups in total. The number of aromatic carboxylic acids is 1. The molecule has 0 spiro atoms. The predicted octanol–water partition coefficient (Wildman–Crippen LogP) is 2.31. The lowest BCUT2D eigenvalue weighted by molar-refractivity contribution is -0.119. The van der Waals surface area contributed by atoms with Gasteiger partial charge in [0.15, 0.2) is 0 Å². The number of benzene rings is 1. The lowest BCUT2D eigenvalue weighted by Gasteiger charge is -2.17. The van der Waals surface area contributed by atoms with E-state index in [1.165, 1.54) is 12.3 Å². The quantitative estimate of drug-likeness (QED) is 0.909. The van der Waals surface area contributed by atoms with E-state index in [9.17, 15) is 14.7 Å². The van der Waals surface area contributed by atoms with Gasteiger partial charge in [-0.15, -0.1) is 0 Å². The van der Waals surface area contributed by atoms with Crippen molar-refractivity contribution in [3.63, 3.8) is 0 Å². The van der Waals surface area contributed by atoms with Gasteiger partial charge in [0.1, 0.15) is 0 Å². The fourth-order valence-electron chi connectivity index (χ4n) is 2.57. The number of hydrogen-bond donors (Lipinski definition) is 1. The van der Waals surface area contributed by atoms with Crippen molar-refractivity contribution >= 4 is 28.5 Å². The molecule has 1 fully saturated rings. The van der Waals surface area contributed by atoms with Crippen LogP contribution in [-0.4, -0.2) is 28.5 Å². The maximum atomic E-state index is 12.1. The molecule has 1 amide bonds. The van der Waals surface area contributed by atoms with Crippen LogP contribution in [0.5, 0.6) is 0 Å². The standard InChI is InChI=1S/C15H14N2O3/c1-9-5-7-17(14(9)18)10-2-3-13-12(8-10)11(15(19)20)4-6-16-13/h2-4,6,8-9H,5,7H2,1H3,(H,19,20)/t9-/m1/s1. The Labute approximate surface area is 115 Å². The number of anilines is 1. The average molecular weight is 270 g/mol. The molecular weight excluding hydrogens is 256 g/mol. The van der Waals surface area contributed by atoms with Crippen LogP contribution in [0.3, 0.4) is 0 Å². The van der Waals surface area contributed by atoms with E-state index in [4.69, 9.17) is 0 Å². The highest BCUT2D eigenvalue weighted by atomic mass is 16.4. The van der Waals surface area contributed by atoms with Crippen molar-refractivity contribution in [3.8, 4) is 0 Å². The zero-order valence-electron chi connectivity index (χ0n) is 11.0. The minimum Gasteiger partial charge on any atom is -0.478 e. The fourth-order valence-corrected chi connectivity index (χ4v) is 2.57. The van der Waals surface area contributed by atoms with Gasteiger partial charge >= 0.3 is 5.97 Å². The van der Waals surface area contributed by atoms with E-state index in [0.717, 1.165) is 12.1 Å². The molecule has 1 aromatic heterocycles. The number of fused-ring (bicyclic) bond motifs is 1. The highest BCUT2D eigenvalue weighted by Crippen LogP contribution is 2.28. The number of amides is 1. The number of carbonyl (C=O) groups excluding carboxylic acids is 1. The van der Waals surface area contributed by atoms with E-state index in [1.54, 1.807) is 17.0 Å². The molecule has 2 aromatic rings. The molecule has 5 heteroatoms. The highest BCUT2D eigenvalue weighted by Gasteiger charge is 2.29. The summed E-state index contributed by atoms with van der Waals surface area (Å²) in [6.07, 6.45) is 2.31. The minimum absolute atomic E-state index is 0.0264. The van der Waals surface area contributed by atoms with E-state index < -0.39 is 5.97 Å². The minimum atomic E-state index is -0.990. The van der Waals surface area contributed by atoms with E-state index in [1.807, 2.05) is 13.0 Å². The van der Waals surface area contributed by atoms with Gasteiger partial charge in [0.25, 0.3) is 0 Å². The molecule has 0 saturated carbocycles. The number of carboxylic acid groups (broad SMARTS) is 1. The van der Waals surface area contributed by atoms with E-state index >= 15 is 0 Å². The van der Waals surface area contributed by atoms with Gasteiger partial charge in [0, 0.05) is 29.7 Å². The first-order valence-electron chi connectivity index (χ1n) is 6.51. The van der Waals surface area contributed by atoms with Crippen LogP contribution in [0, 0.1) is 5.92 Å². The van der Waals surface area contributed by atoms with Crippen molar-refractivity contribution in [2.45, 2.75) is 13.3 Å². The summed E-state index contributed by atoms with van der Waals surface area (Å²) in [7, 11) is 0. The van der Waals surface area contributed by atoms with Crippen LogP contribution >= 0.6 is 0 Å². The Hall–Kier alpha value is -2.43. The second-order valence-corrected chi connectivity index (χ2v) is 5.04. The monoisotopic (exact) mass is 270 g/mol.